The van der Waals surface area contributed by atoms with Crippen molar-refractivity contribution in [2.45, 2.75) is 6.55 Å². The normalized spacial score (nSPS) is 10.2. The minimum atomic E-state index is -2.61. The van der Waals surface area contributed by atoms with Crippen LogP contribution in [0.1, 0.15) is 0 Å². The summed E-state index contributed by atoms with van der Waals surface area (Å²) in [7, 11) is 0. The summed E-state index contributed by atoms with van der Waals surface area (Å²) < 4.78 is 35.4. The Hall–Kier alpha value is -1.19. The molecule has 1 rings (SSSR count). The summed E-state index contributed by atoms with van der Waals surface area (Å²) in [6.07, 6.45) is 0. The van der Waals surface area contributed by atoms with Gasteiger partial charge in [0.25, 0.3) is 0 Å². The number of halogens is 3. The molecular weight excluding hydrogens is 155 g/mol. The maximum atomic E-state index is 12.2. The highest BCUT2D eigenvalue weighted by Crippen LogP contribution is 2.10. The number of anilines is 1. The summed E-state index contributed by atoms with van der Waals surface area (Å²) in [6, 6.07) is 4.73. The van der Waals surface area contributed by atoms with Gasteiger partial charge in [0.1, 0.15) is 5.82 Å². The SMILES string of the molecule is Fc1ccc(NC(F)F)cc1. The van der Waals surface area contributed by atoms with Crippen molar-refractivity contribution < 1.29 is 13.2 Å². The predicted molar refractivity (Wildman–Crippen MR) is 36.0 cm³/mol. The Labute approximate surface area is 61.8 Å². The standard InChI is InChI=1S/C7H6F3N/c8-5-1-3-6(4-2-5)11-7(9)10/h1-4,7,11H. The molecule has 0 aromatic heterocycles. The lowest BCUT2D eigenvalue weighted by Crippen LogP contribution is -2.05. The van der Waals surface area contributed by atoms with E-state index in [2.05, 4.69) is 0 Å². The van der Waals surface area contributed by atoms with E-state index in [-0.39, 0.29) is 5.69 Å². The van der Waals surface area contributed by atoms with Crippen LogP contribution in [0.3, 0.4) is 0 Å². The number of hydrogen-bond acceptors (Lipinski definition) is 1. The number of benzene rings is 1. The largest absolute Gasteiger partial charge is 0.330 e. The molecule has 1 aromatic carbocycles. The fraction of sp³-hybridized carbons (Fsp3) is 0.143. The third-order valence-corrected chi connectivity index (χ3v) is 1.12. The molecular formula is C7H6F3N. The minimum absolute atomic E-state index is 0.210. The molecule has 1 nitrogen and oxygen atoms in total. The van der Waals surface area contributed by atoms with Crippen molar-refractivity contribution in [3.8, 4) is 0 Å². The van der Waals surface area contributed by atoms with E-state index in [4.69, 9.17) is 0 Å². The quantitative estimate of drug-likeness (QED) is 0.657. The Kier molecular flexibility index (Phi) is 2.36. The zero-order valence-corrected chi connectivity index (χ0v) is 5.52. The van der Waals surface area contributed by atoms with E-state index in [1.54, 1.807) is 0 Å². The van der Waals surface area contributed by atoms with Crippen LogP contribution in [0, 0.1) is 5.82 Å². The third-order valence-electron chi connectivity index (χ3n) is 1.12. The van der Waals surface area contributed by atoms with Crippen molar-refractivity contribution >= 4 is 5.69 Å². The molecule has 0 saturated carbocycles. The molecule has 0 fully saturated rings. The van der Waals surface area contributed by atoms with Crippen LogP contribution in [-0.4, -0.2) is 6.55 Å². The summed E-state index contributed by atoms with van der Waals surface area (Å²) in [5, 5.41) is 1.83. The van der Waals surface area contributed by atoms with E-state index in [9.17, 15) is 13.2 Å². The van der Waals surface area contributed by atoms with Crippen molar-refractivity contribution in [1.29, 1.82) is 0 Å². The van der Waals surface area contributed by atoms with Crippen molar-refractivity contribution in [2.75, 3.05) is 5.32 Å². The van der Waals surface area contributed by atoms with E-state index in [0.717, 1.165) is 12.1 Å². The Morgan fingerprint density at radius 2 is 1.64 bits per heavy atom. The number of nitrogens with one attached hydrogen (secondary N) is 1. The van der Waals surface area contributed by atoms with Gasteiger partial charge in [-0.25, -0.2) is 4.39 Å². The molecule has 0 bridgehead atoms. The summed E-state index contributed by atoms with van der Waals surface area (Å²) in [6.45, 7) is -2.61. The summed E-state index contributed by atoms with van der Waals surface area (Å²) in [5.74, 6) is -0.440. The average Bonchev–Trinajstić information content (AvgIpc) is 1.93. The molecule has 4 heteroatoms. The van der Waals surface area contributed by atoms with Crippen LogP contribution in [0.25, 0.3) is 0 Å². The minimum Gasteiger partial charge on any atom is -0.330 e. The highest BCUT2D eigenvalue weighted by molar-refractivity contribution is 5.42. The molecule has 1 N–H and O–H groups in total. The summed E-state index contributed by atoms with van der Waals surface area (Å²) >= 11 is 0. The fourth-order valence-electron chi connectivity index (χ4n) is 0.672. The highest BCUT2D eigenvalue weighted by Gasteiger charge is 2.00. The predicted octanol–water partition coefficient (Wildman–Crippen LogP) is 2.46. The molecule has 0 radical (unpaired) electrons. The van der Waals surface area contributed by atoms with Gasteiger partial charge in [0.2, 0.25) is 0 Å². The van der Waals surface area contributed by atoms with Crippen LogP contribution in [0.5, 0.6) is 0 Å². The molecule has 0 amide bonds. The molecule has 0 aliphatic rings. The van der Waals surface area contributed by atoms with Crippen LogP contribution in [0.15, 0.2) is 24.3 Å². The summed E-state index contributed by atoms with van der Waals surface area (Å²) in [5.41, 5.74) is 0.210. The van der Waals surface area contributed by atoms with Gasteiger partial charge >= 0.3 is 6.55 Å². The molecule has 11 heavy (non-hydrogen) atoms. The van der Waals surface area contributed by atoms with Gasteiger partial charge in [0.15, 0.2) is 0 Å². The van der Waals surface area contributed by atoms with Gasteiger partial charge < -0.3 is 5.32 Å². The van der Waals surface area contributed by atoms with Crippen molar-refractivity contribution in [2.24, 2.45) is 0 Å². The van der Waals surface area contributed by atoms with Gasteiger partial charge in [0, 0.05) is 5.69 Å². The van der Waals surface area contributed by atoms with Crippen molar-refractivity contribution in [3.05, 3.63) is 30.1 Å². The first-order chi connectivity index (χ1) is 5.18. The van der Waals surface area contributed by atoms with Gasteiger partial charge in [-0.1, -0.05) is 0 Å². The maximum Gasteiger partial charge on any atom is 0.312 e. The van der Waals surface area contributed by atoms with E-state index in [1.807, 2.05) is 5.32 Å². The average molecular weight is 161 g/mol. The van der Waals surface area contributed by atoms with Crippen molar-refractivity contribution in [1.82, 2.24) is 0 Å². The molecule has 0 saturated heterocycles. The smallest absolute Gasteiger partial charge is 0.312 e. The molecule has 0 spiro atoms. The monoisotopic (exact) mass is 161 g/mol. The molecule has 1 aromatic rings. The van der Waals surface area contributed by atoms with E-state index in [0.29, 0.717) is 0 Å². The highest BCUT2D eigenvalue weighted by atomic mass is 19.3. The number of rotatable bonds is 2. The zero-order chi connectivity index (χ0) is 8.27. The van der Waals surface area contributed by atoms with E-state index < -0.39 is 12.4 Å². The second-order valence-corrected chi connectivity index (χ2v) is 1.95. The number of alkyl halides is 2. The molecule has 0 heterocycles. The van der Waals surface area contributed by atoms with Gasteiger partial charge in [-0.3, -0.25) is 0 Å². The van der Waals surface area contributed by atoms with Crippen LogP contribution in [0.2, 0.25) is 0 Å². The third kappa shape index (κ3) is 2.49. The first-order valence-corrected chi connectivity index (χ1v) is 2.99. The zero-order valence-electron chi connectivity index (χ0n) is 5.52. The van der Waals surface area contributed by atoms with E-state index in [1.165, 1.54) is 12.1 Å². The molecule has 0 unspecified atom stereocenters. The van der Waals surface area contributed by atoms with E-state index >= 15 is 0 Å². The number of hydrogen-bond donors (Lipinski definition) is 1. The second kappa shape index (κ2) is 3.27. The first kappa shape index (κ1) is 7.91. The summed E-state index contributed by atoms with van der Waals surface area (Å²) in [4.78, 5) is 0. The maximum absolute atomic E-state index is 12.2. The van der Waals surface area contributed by atoms with Gasteiger partial charge in [-0.2, -0.15) is 8.78 Å². The van der Waals surface area contributed by atoms with Crippen LogP contribution < -0.4 is 5.32 Å². The molecule has 0 atom stereocenters. The lowest BCUT2D eigenvalue weighted by atomic mass is 10.3. The fourth-order valence-corrected chi connectivity index (χ4v) is 0.672. The Morgan fingerprint density at radius 1 is 1.09 bits per heavy atom. The van der Waals surface area contributed by atoms with Crippen LogP contribution >= 0.6 is 0 Å². The molecule has 0 aliphatic heterocycles. The van der Waals surface area contributed by atoms with Gasteiger partial charge in [-0.05, 0) is 24.3 Å². The van der Waals surface area contributed by atoms with Crippen LogP contribution in [0.4, 0.5) is 18.9 Å². The van der Waals surface area contributed by atoms with Crippen molar-refractivity contribution in [3.63, 3.8) is 0 Å². The Morgan fingerprint density at radius 3 is 2.09 bits per heavy atom. The lowest BCUT2D eigenvalue weighted by Gasteiger charge is -2.02. The lowest BCUT2D eigenvalue weighted by molar-refractivity contribution is 0.181. The Bertz CT molecular complexity index is 220. The Balaban J connectivity index is 2.66. The van der Waals surface area contributed by atoms with Gasteiger partial charge in [0.05, 0.1) is 0 Å². The molecule has 0 aliphatic carbocycles. The first-order valence-electron chi connectivity index (χ1n) is 2.99. The van der Waals surface area contributed by atoms with Gasteiger partial charge in [-0.15, -0.1) is 0 Å². The second-order valence-electron chi connectivity index (χ2n) is 1.95. The molecule has 60 valence electrons. The topological polar surface area (TPSA) is 12.0 Å². The van der Waals surface area contributed by atoms with Crippen LogP contribution in [-0.2, 0) is 0 Å².